The van der Waals surface area contributed by atoms with Gasteiger partial charge in [-0.2, -0.15) is 0 Å². The maximum absolute atomic E-state index is 13.3. The smallest absolute Gasteiger partial charge is 0.270 e. The van der Waals surface area contributed by atoms with Crippen molar-refractivity contribution in [3.8, 4) is 0 Å². The third-order valence-electron chi connectivity index (χ3n) is 8.23. The lowest BCUT2D eigenvalue weighted by Crippen LogP contribution is -2.55. The van der Waals surface area contributed by atoms with E-state index in [-0.39, 0.29) is 23.1 Å². The van der Waals surface area contributed by atoms with Crippen molar-refractivity contribution >= 4 is 17.3 Å². The standard InChI is InChI=1S/C23H31N3O3/c1-15(23-12-16-8-17(13-23)10-18(9-16)14-23)24-22(27)20-11-19(26(28)29)4-5-21(20)25-6-2-3-7-25/h4-5,11,15-18H,2-3,6-10,12-14H2,1H3,(H,24,27)/t15-,16?,17?,18?,23?/m1/s1. The number of nitrogens with zero attached hydrogens (tertiary/aromatic N) is 2. The highest BCUT2D eigenvalue weighted by Crippen LogP contribution is 2.61. The fraction of sp³-hybridized carbons (Fsp3) is 0.696. The zero-order valence-corrected chi connectivity index (χ0v) is 17.2. The lowest BCUT2D eigenvalue weighted by molar-refractivity contribution is -0.384. The Labute approximate surface area is 172 Å². The molecule has 6 nitrogen and oxygen atoms in total. The number of nitrogens with one attached hydrogen (secondary N) is 1. The molecule has 4 aliphatic carbocycles. The first-order chi connectivity index (χ1) is 13.9. The Hall–Kier alpha value is -2.11. The average molecular weight is 398 g/mol. The van der Waals surface area contributed by atoms with Crippen molar-refractivity contribution in [3.05, 3.63) is 33.9 Å². The molecule has 1 aromatic carbocycles. The second kappa shape index (κ2) is 6.99. The third-order valence-corrected chi connectivity index (χ3v) is 8.23. The molecule has 0 radical (unpaired) electrons. The molecule has 0 unspecified atom stereocenters. The Morgan fingerprint density at radius 3 is 2.28 bits per heavy atom. The SMILES string of the molecule is C[C@@H](NC(=O)c1cc([N+](=O)[O-])ccc1N1CCCC1)C12CC3CC(CC(C3)C1)C2. The number of nitro groups is 1. The molecule has 1 aromatic rings. The molecule has 5 aliphatic rings. The highest BCUT2D eigenvalue weighted by molar-refractivity contribution is 6.00. The molecule has 4 bridgehead atoms. The Balaban J connectivity index is 1.40. The van der Waals surface area contributed by atoms with Gasteiger partial charge in [0.2, 0.25) is 0 Å². The van der Waals surface area contributed by atoms with Gasteiger partial charge < -0.3 is 10.2 Å². The Kier molecular flexibility index (Phi) is 4.56. The van der Waals surface area contributed by atoms with Crippen LogP contribution in [0.4, 0.5) is 11.4 Å². The number of carbonyl (C=O) groups excluding carboxylic acids is 1. The van der Waals surface area contributed by atoms with Crippen LogP contribution in [0.25, 0.3) is 0 Å². The van der Waals surface area contributed by atoms with E-state index in [0.29, 0.717) is 5.56 Å². The summed E-state index contributed by atoms with van der Waals surface area (Å²) >= 11 is 0. The normalized spacial score (nSPS) is 33.7. The number of rotatable bonds is 5. The highest BCUT2D eigenvalue weighted by Gasteiger charge is 2.53. The Morgan fingerprint density at radius 2 is 1.72 bits per heavy atom. The predicted octanol–water partition coefficient (Wildman–Crippen LogP) is 4.53. The van der Waals surface area contributed by atoms with Gasteiger partial charge in [0, 0.05) is 31.3 Å². The van der Waals surface area contributed by atoms with Gasteiger partial charge in [0.15, 0.2) is 0 Å². The fourth-order valence-electron chi connectivity index (χ4n) is 7.19. The van der Waals surface area contributed by atoms with E-state index >= 15 is 0 Å². The number of hydrogen-bond acceptors (Lipinski definition) is 4. The summed E-state index contributed by atoms with van der Waals surface area (Å²) in [5.41, 5.74) is 1.50. The number of hydrogen-bond donors (Lipinski definition) is 1. The van der Waals surface area contributed by atoms with E-state index in [1.54, 1.807) is 6.07 Å². The minimum absolute atomic E-state index is 0.0134. The van der Waals surface area contributed by atoms with Crippen LogP contribution >= 0.6 is 0 Å². The van der Waals surface area contributed by atoms with Gasteiger partial charge in [-0.25, -0.2) is 0 Å². The maximum Gasteiger partial charge on any atom is 0.270 e. The molecular formula is C23H31N3O3. The molecule has 156 valence electrons. The Bertz CT molecular complexity index is 795. The van der Waals surface area contributed by atoms with Crippen LogP contribution in [0.3, 0.4) is 0 Å². The van der Waals surface area contributed by atoms with Gasteiger partial charge in [-0.15, -0.1) is 0 Å². The molecule has 0 spiro atoms. The molecule has 1 saturated heterocycles. The van der Waals surface area contributed by atoms with Crippen molar-refractivity contribution in [2.24, 2.45) is 23.2 Å². The molecular weight excluding hydrogens is 366 g/mol. The monoisotopic (exact) mass is 397 g/mol. The molecule has 4 saturated carbocycles. The van der Waals surface area contributed by atoms with Crippen LogP contribution in [-0.4, -0.2) is 30.0 Å². The summed E-state index contributed by atoms with van der Waals surface area (Å²) < 4.78 is 0. The van der Waals surface area contributed by atoms with Gasteiger partial charge in [0.1, 0.15) is 0 Å². The van der Waals surface area contributed by atoms with Gasteiger partial charge in [0.25, 0.3) is 11.6 Å². The van der Waals surface area contributed by atoms with E-state index in [1.165, 1.54) is 50.7 Å². The first kappa shape index (κ1) is 18.9. The van der Waals surface area contributed by atoms with E-state index in [9.17, 15) is 14.9 Å². The van der Waals surface area contributed by atoms with Crippen LogP contribution in [0, 0.1) is 33.3 Å². The largest absolute Gasteiger partial charge is 0.371 e. The summed E-state index contributed by atoms with van der Waals surface area (Å²) in [5.74, 6) is 2.34. The second-order valence-electron chi connectivity index (χ2n) is 10.1. The van der Waals surface area contributed by atoms with Crippen molar-refractivity contribution in [3.63, 3.8) is 0 Å². The first-order valence-electron chi connectivity index (χ1n) is 11.3. The van der Waals surface area contributed by atoms with Crippen molar-refractivity contribution in [2.45, 2.75) is 64.3 Å². The average Bonchev–Trinajstić information content (AvgIpc) is 3.21. The van der Waals surface area contributed by atoms with Crippen LogP contribution in [0.15, 0.2) is 18.2 Å². The van der Waals surface area contributed by atoms with Crippen LogP contribution in [0.5, 0.6) is 0 Å². The van der Waals surface area contributed by atoms with E-state index in [1.807, 2.05) is 0 Å². The molecule has 0 aromatic heterocycles. The molecule has 6 heteroatoms. The third kappa shape index (κ3) is 3.30. The Morgan fingerprint density at radius 1 is 1.14 bits per heavy atom. The molecule has 1 N–H and O–H groups in total. The lowest BCUT2D eigenvalue weighted by Gasteiger charge is -2.59. The van der Waals surface area contributed by atoms with Gasteiger partial charge in [-0.05, 0) is 87.5 Å². The zero-order valence-electron chi connectivity index (χ0n) is 17.2. The molecule has 1 heterocycles. The predicted molar refractivity (Wildman–Crippen MR) is 112 cm³/mol. The zero-order chi connectivity index (χ0) is 20.2. The number of non-ortho nitro benzene ring substituents is 1. The second-order valence-corrected chi connectivity index (χ2v) is 10.1. The van der Waals surface area contributed by atoms with Crippen molar-refractivity contribution in [1.82, 2.24) is 5.32 Å². The van der Waals surface area contributed by atoms with Gasteiger partial charge in [-0.1, -0.05) is 0 Å². The molecule has 1 atom stereocenters. The summed E-state index contributed by atoms with van der Waals surface area (Å²) in [6.45, 7) is 3.98. The summed E-state index contributed by atoms with van der Waals surface area (Å²) in [4.78, 5) is 26.4. The van der Waals surface area contributed by atoms with Crippen LogP contribution < -0.4 is 10.2 Å². The summed E-state index contributed by atoms with van der Waals surface area (Å²) in [6, 6.07) is 4.85. The molecule has 6 rings (SSSR count). The number of carbonyl (C=O) groups is 1. The molecule has 1 amide bonds. The maximum atomic E-state index is 13.3. The lowest BCUT2D eigenvalue weighted by atomic mass is 9.48. The van der Waals surface area contributed by atoms with Crippen molar-refractivity contribution < 1.29 is 9.72 Å². The molecule has 1 aliphatic heterocycles. The number of anilines is 1. The van der Waals surface area contributed by atoms with E-state index in [4.69, 9.17) is 0 Å². The van der Waals surface area contributed by atoms with Crippen LogP contribution in [-0.2, 0) is 0 Å². The highest BCUT2D eigenvalue weighted by atomic mass is 16.6. The summed E-state index contributed by atoms with van der Waals surface area (Å²) in [7, 11) is 0. The van der Waals surface area contributed by atoms with Crippen molar-refractivity contribution in [1.29, 1.82) is 0 Å². The van der Waals surface area contributed by atoms with Gasteiger partial charge >= 0.3 is 0 Å². The fourth-order valence-corrected chi connectivity index (χ4v) is 7.19. The summed E-state index contributed by atoms with van der Waals surface area (Å²) in [6.07, 6.45) is 10.0. The van der Waals surface area contributed by atoms with Crippen molar-refractivity contribution in [2.75, 3.05) is 18.0 Å². The van der Waals surface area contributed by atoms with Gasteiger partial charge in [0.05, 0.1) is 16.2 Å². The topological polar surface area (TPSA) is 75.5 Å². The molecule has 29 heavy (non-hydrogen) atoms. The number of amides is 1. The number of benzene rings is 1. The minimum Gasteiger partial charge on any atom is -0.371 e. The van der Waals surface area contributed by atoms with Crippen LogP contribution in [0.2, 0.25) is 0 Å². The van der Waals surface area contributed by atoms with E-state index < -0.39 is 4.92 Å². The number of nitro benzene ring substituents is 1. The molecule has 5 fully saturated rings. The van der Waals surface area contributed by atoms with E-state index in [0.717, 1.165) is 49.4 Å². The van der Waals surface area contributed by atoms with Crippen LogP contribution in [0.1, 0.15) is 68.6 Å². The quantitative estimate of drug-likeness (QED) is 0.585. The minimum atomic E-state index is -0.410. The van der Waals surface area contributed by atoms with Gasteiger partial charge in [-0.3, -0.25) is 14.9 Å². The first-order valence-corrected chi connectivity index (χ1v) is 11.3. The summed E-state index contributed by atoms with van der Waals surface area (Å²) in [5, 5.41) is 14.6. The van der Waals surface area contributed by atoms with E-state index in [2.05, 4.69) is 17.1 Å².